The summed E-state index contributed by atoms with van der Waals surface area (Å²) in [5.41, 5.74) is 1.88. The van der Waals surface area contributed by atoms with Crippen LogP contribution < -0.4 is 20.1 Å². The summed E-state index contributed by atoms with van der Waals surface area (Å²) in [5.74, 6) is 1.17. The van der Waals surface area contributed by atoms with Crippen molar-refractivity contribution in [3.05, 3.63) is 53.8 Å². The van der Waals surface area contributed by atoms with Crippen molar-refractivity contribution in [2.24, 2.45) is 0 Å². The molecule has 1 aliphatic carbocycles. The average molecular weight is 456 g/mol. The number of rotatable bonds is 6. The number of hydrogen-bond donors (Lipinski definition) is 2. The molecule has 0 radical (unpaired) electrons. The molecule has 1 saturated heterocycles. The maximum Gasteiger partial charge on any atom is 0.319 e. The van der Waals surface area contributed by atoms with Crippen LogP contribution in [0.3, 0.4) is 0 Å². The van der Waals surface area contributed by atoms with Crippen molar-refractivity contribution in [1.29, 1.82) is 0 Å². The Hall–Kier alpha value is -2.80. The molecule has 0 spiro atoms. The van der Waals surface area contributed by atoms with Gasteiger partial charge in [-0.05, 0) is 88.0 Å². The third-order valence-electron chi connectivity index (χ3n) is 7.36. The Morgan fingerprint density at radius 3 is 2.48 bits per heavy atom. The first kappa shape index (κ1) is 23.4. The molecule has 1 saturated carbocycles. The van der Waals surface area contributed by atoms with Crippen LogP contribution in [0.1, 0.15) is 45.1 Å². The number of carbonyl (C=O) groups is 1. The monoisotopic (exact) mass is 455 g/mol. The van der Waals surface area contributed by atoms with E-state index in [1.54, 1.807) is 26.4 Å². The summed E-state index contributed by atoms with van der Waals surface area (Å²) in [6.07, 6.45) is 3.84. The fraction of sp³-hybridized carbons (Fsp3) is 0.500. The third-order valence-corrected chi connectivity index (χ3v) is 7.36. The summed E-state index contributed by atoms with van der Waals surface area (Å²) in [6, 6.07) is 12.7. The Balaban J connectivity index is 1.53. The highest BCUT2D eigenvalue weighted by Gasteiger charge is 2.52. The molecule has 33 heavy (non-hydrogen) atoms. The predicted molar refractivity (Wildman–Crippen MR) is 128 cm³/mol. The van der Waals surface area contributed by atoms with Gasteiger partial charge in [0.1, 0.15) is 5.82 Å². The molecule has 3 atom stereocenters. The highest BCUT2D eigenvalue weighted by Crippen LogP contribution is 2.50. The summed E-state index contributed by atoms with van der Waals surface area (Å²) in [4.78, 5) is 15.2. The van der Waals surface area contributed by atoms with E-state index in [2.05, 4.69) is 41.5 Å². The highest BCUT2D eigenvalue weighted by atomic mass is 19.1. The van der Waals surface area contributed by atoms with Gasteiger partial charge in [0.2, 0.25) is 0 Å². The molecule has 2 aromatic carbocycles. The molecule has 0 unspecified atom stereocenters. The lowest BCUT2D eigenvalue weighted by atomic mass is 9.65. The molecule has 2 fully saturated rings. The molecule has 1 aliphatic heterocycles. The van der Waals surface area contributed by atoms with Gasteiger partial charge in [-0.1, -0.05) is 6.07 Å². The minimum absolute atomic E-state index is 0.0232. The molecule has 1 heterocycles. The largest absolute Gasteiger partial charge is 0.493 e. The zero-order chi connectivity index (χ0) is 23.6. The Bertz CT molecular complexity index is 981. The third kappa shape index (κ3) is 4.64. The van der Waals surface area contributed by atoms with Gasteiger partial charge >= 0.3 is 6.03 Å². The van der Waals surface area contributed by atoms with E-state index < -0.39 is 0 Å². The molecule has 6 nitrogen and oxygen atoms in total. The van der Waals surface area contributed by atoms with Crippen LogP contribution in [-0.4, -0.2) is 49.8 Å². The summed E-state index contributed by atoms with van der Waals surface area (Å²) < 4.78 is 24.2. The summed E-state index contributed by atoms with van der Waals surface area (Å²) >= 11 is 0. The number of ether oxygens (including phenoxy) is 2. The molecule has 0 bridgehead atoms. The van der Waals surface area contributed by atoms with Crippen molar-refractivity contribution in [3.63, 3.8) is 0 Å². The van der Waals surface area contributed by atoms with Crippen LogP contribution >= 0.6 is 0 Å². The summed E-state index contributed by atoms with van der Waals surface area (Å²) in [6.45, 7) is 5.51. The molecule has 7 heteroatoms. The summed E-state index contributed by atoms with van der Waals surface area (Å²) in [5, 5.41) is 5.97. The first-order valence-electron chi connectivity index (χ1n) is 11.7. The van der Waals surface area contributed by atoms with Crippen molar-refractivity contribution in [2.75, 3.05) is 26.1 Å². The SMILES string of the molecule is COc1ccc([C@@]23CC[C@@H](NC(=O)Nc4ccc(F)cc4)C[C@@H]2N(C(C)C)CC3)cc1OC. The lowest BCUT2D eigenvalue weighted by molar-refractivity contribution is 0.113. The molecular formula is C26H34FN3O3. The van der Waals surface area contributed by atoms with Gasteiger partial charge in [-0.15, -0.1) is 0 Å². The number of methoxy groups -OCH3 is 2. The van der Waals surface area contributed by atoms with Gasteiger partial charge in [-0.3, -0.25) is 4.90 Å². The van der Waals surface area contributed by atoms with Crippen molar-refractivity contribution in [3.8, 4) is 11.5 Å². The Morgan fingerprint density at radius 1 is 1.09 bits per heavy atom. The van der Waals surface area contributed by atoms with Crippen molar-refractivity contribution < 1.29 is 18.7 Å². The highest BCUT2D eigenvalue weighted by molar-refractivity contribution is 5.89. The van der Waals surface area contributed by atoms with E-state index in [0.29, 0.717) is 17.8 Å². The van der Waals surface area contributed by atoms with Gasteiger partial charge in [0.25, 0.3) is 0 Å². The van der Waals surface area contributed by atoms with E-state index >= 15 is 0 Å². The Kier molecular flexibility index (Phi) is 6.79. The second-order valence-corrected chi connectivity index (χ2v) is 9.40. The zero-order valence-corrected chi connectivity index (χ0v) is 19.9. The van der Waals surface area contributed by atoms with Crippen LogP contribution in [0.5, 0.6) is 11.5 Å². The molecule has 178 valence electrons. The number of amides is 2. The number of urea groups is 1. The van der Waals surface area contributed by atoms with E-state index in [1.807, 2.05) is 6.07 Å². The lowest BCUT2D eigenvalue weighted by Gasteiger charge is -2.46. The van der Waals surface area contributed by atoms with Crippen LogP contribution in [0.25, 0.3) is 0 Å². The maximum absolute atomic E-state index is 13.1. The molecule has 4 rings (SSSR count). The van der Waals surface area contributed by atoms with Gasteiger partial charge in [0.05, 0.1) is 14.2 Å². The first-order chi connectivity index (χ1) is 15.9. The standard InChI is InChI=1S/C26H34FN3O3/c1-17(2)30-14-13-26(18-5-10-22(32-3)23(15-18)33-4)12-11-21(16-24(26)30)29-25(31)28-20-8-6-19(27)7-9-20/h5-10,15,17,21,24H,11-14,16H2,1-4H3,(H2,28,29,31)/t21-,24+,26+/m1/s1. The molecule has 2 amide bonds. The van der Waals surface area contributed by atoms with E-state index in [0.717, 1.165) is 43.7 Å². The number of likely N-dealkylation sites (tertiary alicyclic amines) is 1. The van der Waals surface area contributed by atoms with Crippen molar-refractivity contribution in [2.45, 2.75) is 63.1 Å². The van der Waals surface area contributed by atoms with E-state index in [4.69, 9.17) is 9.47 Å². The second kappa shape index (κ2) is 9.59. The number of anilines is 1. The zero-order valence-electron chi connectivity index (χ0n) is 19.9. The molecule has 2 aliphatic rings. The van der Waals surface area contributed by atoms with Gasteiger partial charge in [-0.2, -0.15) is 0 Å². The normalized spacial score (nSPS) is 24.9. The summed E-state index contributed by atoms with van der Waals surface area (Å²) in [7, 11) is 3.33. The fourth-order valence-electron chi connectivity index (χ4n) is 5.70. The number of carbonyl (C=O) groups excluding carboxylic acids is 1. The van der Waals surface area contributed by atoms with Crippen LogP contribution in [0, 0.1) is 5.82 Å². The van der Waals surface area contributed by atoms with Crippen LogP contribution in [-0.2, 0) is 5.41 Å². The van der Waals surface area contributed by atoms with Gasteiger partial charge in [-0.25, -0.2) is 9.18 Å². The van der Waals surface area contributed by atoms with Gasteiger partial charge in [0.15, 0.2) is 11.5 Å². The van der Waals surface area contributed by atoms with Gasteiger partial charge in [0, 0.05) is 29.2 Å². The number of hydrogen-bond acceptors (Lipinski definition) is 4. The number of fused-ring (bicyclic) bond motifs is 1. The molecule has 0 aromatic heterocycles. The topological polar surface area (TPSA) is 62.8 Å². The lowest BCUT2D eigenvalue weighted by Crippen LogP contribution is -2.54. The maximum atomic E-state index is 13.1. The van der Waals surface area contributed by atoms with Crippen molar-refractivity contribution >= 4 is 11.7 Å². The van der Waals surface area contributed by atoms with Crippen LogP contribution in [0.15, 0.2) is 42.5 Å². The van der Waals surface area contributed by atoms with E-state index in [-0.39, 0.29) is 23.3 Å². The van der Waals surface area contributed by atoms with Crippen molar-refractivity contribution in [1.82, 2.24) is 10.2 Å². The van der Waals surface area contributed by atoms with E-state index in [9.17, 15) is 9.18 Å². The predicted octanol–water partition coefficient (Wildman–Crippen LogP) is 4.94. The fourth-order valence-corrected chi connectivity index (χ4v) is 5.70. The molecule has 2 aromatic rings. The average Bonchev–Trinajstić information content (AvgIpc) is 3.20. The Morgan fingerprint density at radius 2 is 1.82 bits per heavy atom. The minimum atomic E-state index is -0.324. The number of nitrogens with one attached hydrogen (secondary N) is 2. The minimum Gasteiger partial charge on any atom is -0.493 e. The molecular weight excluding hydrogens is 421 g/mol. The Labute approximate surface area is 195 Å². The van der Waals surface area contributed by atoms with Crippen LogP contribution in [0.4, 0.5) is 14.9 Å². The first-order valence-corrected chi connectivity index (χ1v) is 11.7. The smallest absolute Gasteiger partial charge is 0.319 e. The number of halogens is 1. The quantitative estimate of drug-likeness (QED) is 0.648. The van der Waals surface area contributed by atoms with E-state index in [1.165, 1.54) is 17.7 Å². The molecule has 2 N–H and O–H groups in total. The van der Waals surface area contributed by atoms with Gasteiger partial charge < -0.3 is 20.1 Å². The van der Waals surface area contributed by atoms with Crippen LogP contribution in [0.2, 0.25) is 0 Å². The number of benzene rings is 2. The number of nitrogens with zero attached hydrogens (tertiary/aromatic N) is 1. The second-order valence-electron chi connectivity index (χ2n) is 9.40.